The van der Waals surface area contributed by atoms with Gasteiger partial charge in [0.15, 0.2) is 0 Å². The largest absolute Gasteiger partial charge is 0.312 e. The summed E-state index contributed by atoms with van der Waals surface area (Å²) >= 11 is 1.86. The average Bonchev–Trinajstić information content (AvgIpc) is 2.76. The van der Waals surface area contributed by atoms with Crippen LogP contribution in [0.5, 0.6) is 0 Å². The van der Waals surface area contributed by atoms with Gasteiger partial charge in [-0.15, -0.1) is 0 Å². The maximum Gasteiger partial charge on any atom is 0.115 e. The van der Waals surface area contributed by atoms with Gasteiger partial charge < -0.3 is 5.32 Å². The third-order valence-corrected chi connectivity index (χ3v) is 5.58. The Kier molecular flexibility index (Phi) is 29.0. The van der Waals surface area contributed by atoms with Crippen LogP contribution in [-0.2, 0) is 0 Å². The molecule has 0 aromatic heterocycles. The Morgan fingerprint density at radius 1 is 1.10 bits per heavy atom. The standard InChI is InChI=1S/C23H43FN2S.2C2H6/c1-7-9-10-13-22(15-14-21(3)24)16-18-25-23(4,5)17-11-12-20-26(27-6)19-8-2;2*1-2/h9-10,14-15,22,25H,3,7-8,11-13,16-20H2,1-2,4-6H3;2*1-2H3/b10-9-,15-14?;;. The maximum atomic E-state index is 12.9. The van der Waals surface area contributed by atoms with Crippen molar-refractivity contribution in [1.29, 1.82) is 0 Å². The first kappa shape index (κ1) is 35.0. The van der Waals surface area contributed by atoms with Crippen LogP contribution in [0.2, 0.25) is 0 Å². The minimum atomic E-state index is -0.366. The van der Waals surface area contributed by atoms with E-state index in [1.165, 1.54) is 44.8 Å². The number of nitrogens with zero attached hydrogens (tertiary/aromatic N) is 1. The Morgan fingerprint density at radius 2 is 1.74 bits per heavy atom. The van der Waals surface area contributed by atoms with Gasteiger partial charge in [0.25, 0.3) is 0 Å². The van der Waals surface area contributed by atoms with E-state index in [1.54, 1.807) is 0 Å². The first-order chi connectivity index (χ1) is 14.8. The summed E-state index contributed by atoms with van der Waals surface area (Å²) in [5, 5.41) is 3.70. The molecule has 1 N–H and O–H groups in total. The molecule has 0 rings (SSSR count). The van der Waals surface area contributed by atoms with Crippen molar-refractivity contribution in [2.24, 2.45) is 5.92 Å². The second-order valence-electron chi connectivity index (χ2n) is 7.85. The van der Waals surface area contributed by atoms with Crippen LogP contribution in [-0.4, -0.2) is 35.7 Å². The van der Waals surface area contributed by atoms with Gasteiger partial charge in [0.2, 0.25) is 0 Å². The molecule has 0 bridgehead atoms. The summed E-state index contributed by atoms with van der Waals surface area (Å²) in [6, 6.07) is 0. The molecule has 0 amide bonds. The molecule has 0 aromatic carbocycles. The number of halogens is 1. The quantitative estimate of drug-likeness (QED) is 0.101. The van der Waals surface area contributed by atoms with Gasteiger partial charge in [0.1, 0.15) is 5.83 Å². The van der Waals surface area contributed by atoms with E-state index in [9.17, 15) is 4.39 Å². The van der Waals surface area contributed by atoms with Crippen molar-refractivity contribution in [1.82, 2.24) is 9.62 Å². The van der Waals surface area contributed by atoms with Crippen LogP contribution in [0.1, 0.15) is 100 Å². The molecule has 0 heterocycles. The third kappa shape index (κ3) is 25.6. The molecule has 0 saturated heterocycles. The monoisotopic (exact) mass is 458 g/mol. The summed E-state index contributed by atoms with van der Waals surface area (Å²) in [4.78, 5) is 0. The average molecular weight is 459 g/mol. The first-order valence-electron chi connectivity index (χ1n) is 12.6. The highest BCUT2D eigenvalue weighted by Gasteiger charge is 2.17. The number of rotatable bonds is 17. The van der Waals surface area contributed by atoms with Gasteiger partial charge in [-0.3, -0.25) is 4.31 Å². The fraction of sp³-hybridized carbons (Fsp3) is 0.778. The van der Waals surface area contributed by atoms with Crippen molar-refractivity contribution in [3.63, 3.8) is 0 Å². The summed E-state index contributed by atoms with van der Waals surface area (Å²) < 4.78 is 15.4. The highest BCUT2D eigenvalue weighted by molar-refractivity contribution is 7.96. The normalized spacial score (nSPS) is 12.5. The topological polar surface area (TPSA) is 15.3 Å². The van der Waals surface area contributed by atoms with Crippen LogP contribution in [0.25, 0.3) is 0 Å². The summed E-state index contributed by atoms with van der Waals surface area (Å²) in [5.41, 5.74) is 0.145. The zero-order valence-corrected chi connectivity index (χ0v) is 23.2. The SMILES string of the molecule is C=C(F)C=CC(C/C=C\CC)CCNC(C)(C)CCCCN(CCC)SC.CC.CC. The molecule has 0 aliphatic carbocycles. The molecule has 0 aromatic rings. The van der Waals surface area contributed by atoms with Crippen molar-refractivity contribution in [2.45, 2.75) is 106 Å². The fourth-order valence-electron chi connectivity index (χ4n) is 3.05. The lowest BCUT2D eigenvalue weighted by Crippen LogP contribution is -2.40. The van der Waals surface area contributed by atoms with Gasteiger partial charge in [0, 0.05) is 18.6 Å². The molecule has 0 aliphatic rings. The second kappa shape index (κ2) is 25.7. The predicted molar refractivity (Wildman–Crippen MR) is 146 cm³/mol. The summed E-state index contributed by atoms with van der Waals surface area (Å²) in [5.74, 6) is -0.0112. The molecule has 0 saturated carbocycles. The van der Waals surface area contributed by atoms with E-state index >= 15 is 0 Å². The number of nitrogens with one attached hydrogen (secondary N) is 1. The number of hydrogen-bond donors (Lipinski definition) is 1. The summed E-state index contributed by atoms with van der Waals surface area (Å²) in [7, 11) is 0. The van der Waals surface area contributed by atoms with E-state index in [0.29, 0.717) is 5.92 Å². The predicted octanol–water partition coefficient (Wildman–Crippen LogP) is 8.97. The number of hydrogen-bond acceptors (Lipinski definition) is 3. The number of allylic oxidation sites excluding steroid dienone is 5. The summed E-state index contributed by atoms with van der Waals surface area (Å²) in [6.45, 7) is 23.6. The maximum absolute atomic E-state index is 12.9. The molecular weight excluding hydrogens is 403 g/mol. The van der Waals surface area contributed by atoms with Gasteiger partial charge in [0.05, 0.1) is 0 Å². The van der Waals surface area contributed by atoms with Crippen LogP contribution in [0.3, 0.4) is 0 Å². The van der Waals surface area contributed by atoms with Crippen molar-refractivity contribution in [3.8, 4) is 0 Å². The van der Waals surface area contributed by atoms with E-state index in [4.69, 9.17) is 0 Å². The van der Waals surface area contributed by atoms with Crippen LogP contribution in [0.15, 0.2) is 36.7 Å². The zero-order chi connectivity index (χ0) is 24.5. The van der Waals surface area contributed by atoms with Gasteiger partial charge in [-0.25, -0.2) is 4.39 Å². The minimum absolute atomic E-state index is 0.145. The molecule has 0 spiro atoms. The van der Waals surface area contributed by atoms with Crippen molar-refractivity contribution in [2.75, 3.05) is 25.9 Å². The lowest BCUT2D eigenvalue weighted by Gasteiger charge is -2.28. The Hall–Kier alpha value is -0.580. The van der Waals surface area contributed by atoms with E-state index in [-0.39, 0.29) is 11.4 Å². The third-order valence-electron chi connectivity index (χ3n) is 4.70. The van der Waals surface area contributed by atoms with E-state index < -0.39 is 0 Å². The van der Waals surface area contributed by atoms with Crippen LogP contribution in [0, 0.1) is 5.92 Å². The van der Waals surface area contributed by atoms with Gasteiger partial charge in [-0.1, -0.05) is 84.7 Å². The van der Waals surface area contributed by atoms with Gasteiger partial charge in [-0.05, 0) is 77.2 Å². The molecule has 2 nitrogen and oxygen atoms in total. The smallest absolute Gasteiger partial charge is 0.115 e. The van der Waals surface area contributed by atoms with E-state index in [1.807, 2.05) is 45.7 Å². The van der Waals surface area contributed by atoms with Crippen LogP contribution < -0.4 is 5.32 Å². The molecule has 0 fully saturated rings. The molecule has 1 unspecified atom stereocenters. The molecule has 1 atom stereocenters. The molecule has 0 aliphatic heterocycles. The highest BCUT2D eigenvalue weighted by Crippen LogP contribution is 2.17. The van der Waals surface area contributed by atoms with Gasteiger partial charge >= 0.3 is 0 Å². The molecule has 31 heavy (non-hydrogen) atoms. The van der Waals surface area contributed by atoms with Crippen molar-refractivity contribution >= 4 is 11.9 Å². The van der Waals surface area contributed by atoms with E-state index in [0.717, 1.165) is 25.8 Å². The fourth-order valence-corrected chi connectivity index (χ4v) is 3.73. The van der Waals surface area contributed by atoms with E-state index in [2.05, 4.69) is 62.3 Å². The van der Waals surface area contributed by atoms with Crippen LogP contribution >= 0.6 is 11.9 Å². The first-order valence-corrected chi connectivity index (χ1v) is 13.7. The lowest BCUT2D eigenvalue weighted by molar-refractivity contribution is 0.332. The Balaban J connectivity index is -0.00000184. The molecule has 0 radical (unpaired) electrons. The molecular formula is C27H55FN2S. The molecule has 186 valence electrons. The Labute approximate surface area is 200 Å². The summed E-state index contributed by atoms with van der Waals surface area (Å²) in [6.07, 6.45) is 17.9. The van der Waals surface area contributed by atoms with Crippen LogP contribution in [0.4, 0.5) is 4.39 Å². The highest BCUT2D eigenvalue weighted by atomic mass is 32.2. The van der Waals surface area contributed by atoms with Crippen molar-refractivity contribution < 1.29 is 4.39 Å². The Bertz CT molecular complexity index is 433. The van der Waals surface area contributed by atoms with Gasteiger partial charge in [-0.2, -0.15) is 0 Å². The zero-order valence-electron chi connectivity index (χ0n) is 22.4. The second-order valence-corrected chi connectivity index (χ2v) is 8.73. The Morgan fingerprint density at radius 3 is 2.26 bits per heavy atom. The van der Waals surface area contributed by atoms with Crippen molar-refractivity contribution in [3.05, 3.63) is 36.7 Å². The molecule has 4 heteroatoms. The lowest BCUT2D eigenvalue weighted by atomic mass is 9.95. The minimum Gasteiger partial charge on any atom is -0.312 e. The number of unbranched alkanes of at least 4 members (excludes halogenated alkanes) is 1.